The van der Waals surface area contributed by atoms with Crippen molar-refractivity contribution in [2.75, 3.05) is 6.61 Å². The summed E-state index contributed by atoms with van der Waals surface area (Å²) in [6.07, 6.45) is -0.672. The smallest absolute Gasteiger partial charge is 0.275 e. The van der Waals surface area contributed by atoms with Gasteiger partial charge in [-0.3, -0.25) is 9.63 Å². The summed E-state index contributed by atoms with van der Waals surface area (Å²) in [5.41, 5.74) is 1.44. The monoisotopic (exact) mass is 249 g/mol. The number of hydrogen-bond donors (Lipinski definition) is 2. The van der Waals surface area contributed by atoms with Crippen LogP contribution in [-0.4, -0.2) is 23.7 Å². The topological polar surface area (TPSA) is 58.6 Å². The lowest BCUT2D eigenvalue weighted by atomic mass is 10.2. The number of hydrogen-bond acceptors (Lipinski definition) is 3. The molecular weight excluding hydrogens is 239 g/mol. The van der Waals surface area contributed by atoms with Crippen LogP contribution in [0.1, 0.15) is 17.3 Å². The predicted molar refractivity (Wildman–Crippen MR) is 51.4 cm³/mol. The highest BCUT2D eigenvalue weighted by atomic mass is 19.2. The molecule has 0 heterocycles. The van der Waals surface area contributed by atoms with Crippen LogP contribution in [-0.2, 0) is 4.84 Å². The van der Waals surface area contributed by atoms with E-state index in [1.54, 1.807) is 0 Å². The van der Waals surface area contributed by atoms with Gasteiger partial charge in [-0.1, -0.05) is 0 Å². The molecule has 0 aliphatic heterocycles. The molecule has 17 heavy (non-hydrogen) atoms. The van der Waals surface area contributed by atoms with Gasteiger partial charge in [0.15, 0.2) is 17.5 Å². The normalized spacial score (nSPS) is 12.3. The van der Waals surface area contributed by atoms with Crippen LogP contribution in [0.2, 0.25) is 0 Å². The van der Waals surface area contributed by atoms with Crippen LogP contribution < -0.4 is 5.48 Å². The Morgan fingerprint density at radius 3 is 2.41 bits per heavy atom. The largest absolute Gasteiger partial charge is 0.394 e. The van der Waals surface area contributed by atoms with Gasteiger partial charge in [-0.15, -0.1) is 0 Å². The molecule has 0 aliphatic carbocycles. The van der Waals surface area contributed by atoms with Gasteiger partial charge in [-0.2, -0.15) is 0 Å². The van der Waals surface area contributed by atoms with E-state index >= 15 is 0 Å². The molecule has 1 unspecified atom stereocenters. The van der Waals surface area contributed by atoms with E-state index in [1.807, 2.05) is 5.48 Å². The van der Waals surface area contributed by atoms with Crippen molar-refractivity contribution in [2.45, 2.75) is 13.0 Å². The quantitative estimate of drug-likeness (QED) is 0.621. The molecule has 1 aromatic carbocycles. The molecule has 1 atom stereocenters. The van der Waals surface area contributed by atoms with Crippen LogP contribution >= 0.6 is 0 Å². The summed E-state index contributed by atoms with van der Waals surface area (Å²) >= 11 is 0. The number of aliphatic hydroxyl groups is 1. The second kappa shape index (κ2) is 5.65. The molecule has 1 aromatic rings. The van der Waals surface area contributed by atoms with Gasteiger partial charge in [0.2, 0.25) is 0 Å². The number of benzene rings is 1. The van der Waals surface area contributed by atoms with Gasteiger partial charge >= 0.3 is 0 Å². The Bertz CT molecular complexity index is 402. The molecule has 0 saturated heterocycles. The van der Waals surface area contributed by atoms with E-state index < -0.39 is 35.0 Å². The fraction of sp³-hybridized carbons (Fsp3) is 0.300. The van der Waals surface area contributed by atoms with Crippen LogP contribution in [0.25, 0.3) is 0 Å². The van der Waals surface area contributed by atoms with Crippen molar-refractivity contribution in [3.05, 3.63) is 35.1 Å². The van der Waals surface area contributed by atoms with Gasteiger partial charge in [-0.05, 0) is 19.1 Å². The van der Waals surface area contributed by atoms with E-state index in [2.05, 4.69) is 4.84 Å². The summed E-state index contributed by atoms with van der Waals surface area (Å²) in [6.45, 7) is 1.12. The molecule has 2 N–H and O–H groups in total. The Kier molecular flexibility index (Phi) is 4.47. The molecule has 7 heteroatoms. The van der Waals surface area contributed by atoms with Crippen LogP contribution in [0.5, 0.6) is 0 Å². The maximum absolute atomic E-state index is 12.8. The number of rotatable bonds is 4. The molecular formula is C10H10F3NO3. The molecule has 0 radical (unpaired) electrons. The molecule has 0 aromatic heterocycles. The minimum atomic E-state index is -1.65. The van der Waals surface area contributed by atoms with Crippen molar-refractivity contribution in [3.8, 4) is 0 Å². The van der Waals surface area contributed by atoms with Crippen LogP contribution in [0.3, 0.4) is 0 Å². The zero-order valence-electron chi connectivity index (χ0n) is 8.84. The third-order valence-corrected chi connectivity index (χ3v) is 1.86. The Hall–Kier alpha value is -1.60. The molecule has 0 aliphatic rings. The SMILES string of the molecule is CC(CO)ONC(=O)c1cc(F)c(F)c(F)c1. The molecule has 1 rings (SSSR count). The highest BCUT2D eigenvalue weighted by molar-refractivity contribution is 5.93. The van der Waals surface area contributed by atoms with Crippen molar-refractivity contribution in [3.63, 3.8) is 0 Å². The number of halogens is 3. The maximum Gasteiger partial charge on any atom is 0.275 e. The number of amides is 1. The van der Waals surface area contributed by atoms with Gasteiger partial charge in [0.1, 0.15) is 6.10 Å². The number of aliphatic hydroxyl groups excluding tert-OH is 1. The average molecular weight is 249 g/mol. The molecule has 1 amide bonds. The Morgan fingerprint density at radius 1 is 1.41 bits per heavy atom. The van der Waals surface area contributed by atoms with Crippen molar-refractivity contribution in [2.24, 2.45) is 0 Å². The second-order valence-electron chi connectivity index (χ2n) is 3.30. The minimum Gasteiger partial charge on any atom is -0.394 e. The number of carbonyl (C=O) groups excluding carboxylic acids is 1. The van der Waals surface area contributed by atoms with Crippen molar-refractivity contribution >= 4 is 5.91 Å². The van der Waals surface area contributed by atoms with E-state index in [-0.39, 0.29) is 6.61 Å². The Morgan fingerprint density at radius 2 is 1.94 bits per heavy atom. The fourth-order valence-corrected chi connectivity index (χ4v) is 0.937. The minimum absolute atomic E-state index is 0.341. The van der Waals surface area contributed by atoms with Crippen LogP contribution in [0, 0.1) is 17.5 Å². The van der Waals surface area contributed by atoms with Gasteiger partial charge in [0.05, 0.1) is 6.61 Å². The molecule has 0 bridgehead atoms. The summed E-state index contributed by atoms with van der Waals surface area (Å²) in [5.74, 6) is -5.52. The molecule has 0 saturated carbocycles. The zero-order chi connectivity index (χ0) is 13.0. The summed E-state index contributed by atoms with van der Waals surface area (Å²) < 4.78 is 38.2. The van der Waals surface area contributed by atoms with E-state index in [9.17, 15) is 18.0 Å². The molecule has 0 fully saturated rings. The number of nitrogens with one attached hydrogen (secondary N) is 1. The van der Waals surface area contributed by atoms with Gasteiger partial charge in [0, 0.05) is 5.56 Å². The first-order valence-electron chi connectivity index (χ1n) is 4.67. The van der Waals surface area contributed by atoms with Crippen LogP contribution in [0.4, 0.5) is 13.2 Å². The third-order valence-electron chi connectivity index (χ3n) is 1.86. The van der Waals surface area contributed by atoms with Crippen molar-refractivity contribution in [1.82, 2.24) is 5.48 Å². The highest BCUT2D eigenvalue weighted by Gasteiger charge is 2.15. The molecule has 0 spiro atoms. The first kappa shape index (κ1) is 13.5. The highest BCUT2D eigenvalue weighted by Crippen LogP contribution is 2.13. The lowest BCUT2D eigenvalue weighted by Crippen LogP contribution is -2.30. The van der Waals surface area contributed by atoms with E-state index in [4.69, 9.17) is 5.11 Å². The molecule has 94 valence electrons. The summed E-state index contributed by atoms with van der Waals surface area (Å²) in [7, 11) is 0. The van der Waals surface area contributed by atoms with Crippen molar-refractivity contribution < 1.29 is 27.9 Å². The summed E-state index contributed by atoms with van der Waals surface area (Å²) in [4.78, 5) is 15.9. The number of carbonyl (C=O) groups is 1. The second-order valence-corrected chi connectivity index (χ2v) is 3.30. The maximum atomic E-state index is 12.8. The summed E-state index contributed by atoms with van der Waals surface area (Å²) in [6, 6.07) is 1.08. The Balaban J connectivity index is 2.76. The first-order valence-corrected chi connectivity index (χ1v) is 4.67. The fourth-order valence-electron chi connectivity index (χ4n) is 0.937. The van der Waals surface area contributed by atoms with Crippen molar-refractivity contribution in [1.29, 1.82) is 0 Å². The van der Waals surface area contributed by atoms with Gasteiger partial charge in [0.25, 0.3) is 5.91 Å². The van der Waals surface area contributed by atoms with E-state index in [1.165, 1.54) is 6.92 Å². The van der Waals surface area contributed by atoms with E-state index in [0.717, 1.165) is 0 Å². The zero-order valence-corrected chi connectivity index (χ0v) is 8.84. The third kappa shape index (κ3) is 3.43. The van der Waals surface area contributed by atoms with Gasteiger partial charge in [-0.25, -0.2) is 18.7 Å². The first-order chi connectivity index (χ1) is 7.95. The lowest BCUT2D eigenvalue weighted by Gasteiger charge is -2.10. The Labute approximate surface area is 95.0 Å². The van der Waals surface area contributed by atoms with Crippen LogP contribution in [0.15, 0.2) is 12.1 Å². The van der Waals surface area contributed by atoms with E-state index in [0.29, 0.717) is 12.1 Å². The average Bonchev–Trinajstić information content (AvgIpc) is 2.31. The lowest BCUT2D eigenvalue weighted by molar-refractivity contribution is -0.0304. The standard InChI is InChI=1S/C10H10F3NO3/c1-5(4-15)17-14-10(16)6-2-7(11)9(13)8(12)3-6/h2-3,5,15H,4H2,1H3,(H,14,16). The van der Waals surface area contributed by atoms with Gasteiger partial charge < -0.3 is 5.11 Å². The summed E-state index contributed by atoms with van der Waals surface area (Å²) in [5, 5.41) is 8.60. The number of hydroxylamine groups is 1. The molecule has 4 nitrogen and oxygen atoms in total. The predicted octanol–water partition coefficient (Wildman–Crippen LogP) is 1.15.